The van der Waals surface area contributed by atoms with Gasteiger partial charge in [0.15, 0.2) is 11.6 Å². The molecule has 0 unspecified atom stereocenters. The van der Waals surface area contributed by atoms with Crippen LogP contribution in [-0.2, 0) is 0 Å². The normalized spacial score (nSPS) is 11.2. The molecule has 0 saturated heterocycles. The minimum atomic E-state index is -4.78. The van der Waals surface area contributed by atoms with E-state index in [4.69, 9.17) is 5.41 Å². The summed E-state index contributed by atoms with van der Waals surface area (Å²) in [5.74, 6) is -0.155. The molecule has 0 amide bonds. The molecule has 2 aromatic carbocycles. The number of nitrogens with zero attached hydrogens (tertiary/aromatic N) is 2. The summed E-state index contributed by atoms with van der Waals surface area (Å²) in [5, 5.41) is 14.5. The fraction of sp³-hybridized carbons (Fsp3) is 0.227. The number of alkyl halides is 3. The first-order chi connectivity index (χ1) is 15.2. The average molecular weight is 447 g/mol. The zero-order valence-corrected chi connectivity index (χ0v) is 17.3. The van der Waals surface area contributed by atoms with E-state index in [1.54, 1.807) is 7.05 Å². The van der Waals surface area contributed by atoms with Crippen molar-refractivity contribution < 1.29 is 22.3 Å². The van der Waals surface area contributed by atoms with Crippen molar-refractivity contribution in [3.63, 3.8) is 0 Å². The van der Waals surface area contributed by atoms with Crippen LogP contribution in [0.2, 0.25) is 0 Å². The number of benzene rings is 2. The maximum Gasteiger partial charge on any atom is 0.573 e. The van der Waals surface area contributed by atoms with Gasteiger partial charge in [0.25, 0.3) is 0 Å². The Morgan fingerprint density at radius 3 is 2.25 bits per heavy atom. The molecule has 1 aromatic heterocycles. The lowest BCUT2D eigenvalue weighted by Gasteiger charge is -2.17. The molecule has 10 heteroatoms. The van der Waals surface area contributed by atoms with Gasteiger partial charge >= 0.3 is 6.36 Å². The number of rotatable bonds is 8. The van der Waals surface area contributed by atoms with E-state index < -0.39 is 12.2 Å². The highest BCUT2D eigenvalue weighted by atomic mass is 19.4. The Bertz CT molecular complexity index is 1080. The molecule has 168 valence electrons. The van der Waals surface area contributed by atoms with Crippen molar-refractivity contribution in [2.45, 2.75) is 26.1 Å². The summed E-state index contributed by atoms with van der Waals surface area (Å²) in [6, 6.07) is 10.8. The highest BCUT2D eigenvalue weighted by Gasteiger charge is 2.31. The second-order valence-corrected chi connectivity index (χ2v) is 6.80. The van der Waals surface area contributed by atoms with Crippen LogP contribution >= 0.6 is 0 Å². The third-order valence-electron chi connectivity index (χ3n) is 4.40. The van der Waals surface area contributed by atoms with E-state index >= 15 is 0 Å². The van der Waals surface area contributed by atoms with E-state index in [-0.39, 0.29) is 11.6 Å². The van der Waals surface area contributed by atoms with Crippen molar-refractivity contribution in [1.82, 2.24) is 9.97 Å². The molecule has 0 bridgehead atoms. The van der Waals surface area contributed by atoms with Crippen LogP contribution in [0.25, 0.3) is 11.4 Å². The Kier molecular flexibility index (Phi) is 6.92. The van der Waals surface area contributed by atoms with Crippen LogP contribution in [0.4, 0.5) is 34.8 Å². The zero-order valence-electron chi connectivity index (χ0n) is 17.3. The summed E-state index contributed by atoms with van der Waals surface area (Å²) < 4.78 is 54.4. The lowest BCUT2D eigenvalue weighted by atomic mass is 10.1. The molecule has 0 fully saturated rings. The maximum absolute atomic E-state index is 13.4. The van der Waals surface area contributed by atoms with Gasteiger partial charge < -0.3 is 20.8 Å². The molecule has 32 heavy (non-hydrogen) atoms. The highest BCUT2D eigenvalue weighted by Crippen LogP contribution is 2.31. The van der Waals surface area contributed by atoms with Crippen LogP contribution in [0, 0.1) is 11.2 Å². The first-order valence-electron chi connectivity index (χ1n) is 9.76. The Labute approximate surface area is 182 Å². The van der Waals surface area contributed by atoms with Crippen LogP contribution in [0.15, 0.2) is 48.5 Å². The van der Waals surface area contributed by atoms with Gasteiger partial charge in [-0.25, -0.2) is 14.4 Å². The van der Waals surface area contributed by atoms with E-state index in [1.165, 1.54) is 48.5 Å². The van der Waals surface area contributed by atoms with E-state index in [1.807, 2.05) is 6.92 Å². The van der Waals surface area contributed by atoms with Gasteiger partial charge in [-0.1, -0.05) is 13.3 Å². The molecular weight excluding hydrogens is 426 g/mol. The van der Waals surface area contributed by atoms with Crippen LogP contribution in [0.1, 0.15) is 25.5 Å². The third kappa shape index (κ3) is 5.71. The fourth-order valence-electron chi connectivity index (χ4n) is 2.98. The number of nitrogens with one attached hydrogen (secondary N) is 3. The summed E-state index contributed by atoms with van der Waals surface area (Å²) in [6.45, 7) is 1.94. The van der Waals surface area contributed by atoms with Gasteiger partial charge in [-0.2, -0.15) is 0 Å². The quantitative estimate of drug-likeness (QED) is 0.286. The van der Waals surface area contributed by atoms with E-state index in [2.05, 4.69) is 25.3 Å². The van der Waals surface area contributed by atoms with Gasteiger partial charge in [-0.05, 0) is 55.0 Å². The summed E-state index contributed by atoms with van der Waals surface area (Å²) in [4.78, 5) is 9.02. The minimum absolute atomic E-state index is 0.277. The van der Waals surface area contributed by atoms with Crippen LogP contribution in [0.3, 0.4) is 0 Å². The molecule has 0 saturated carbocycles. The topological polar surface area (TPSA) is 82.9 Å². The summed E-state index contributed by atoms with van der Waals surface area (Å²) in [7, 11) is 1.66. The lowest BCUT2D eigenvalue weighted by molar-refractivity contribution is -0.274. The average Bonchev–Trinajstić information content (AvgIpc) is 2.74. The molecule has 3 rings (SSSR count). The Balaban J connectivity index is 2.02. The molecule has 1 heterocycles. The fourth-order valence-corrected chi connectivity index (χ4v) is 2.98. The van der Waals surface area contributed by atoms with Crippen molar-refractivity contribution in [3.05, 3.63) is 60.0 Å². The third-order valence-corrected chi connectivity index (χ3v) is 4.40. The lowest BCUT2D eigenvalue weighted by Crippen LogP contribution is -2.17. The van der Waals surface area contributed by atoms with Crippen molar-refractivity contribution in [2.24, 2.45) is 0 Å². The first kappa shape index (κ1) is 23.0. The number of halogens is 4. The maximum atomic E-state index is 13.4. The standard InChI is InChI=1S/C22H21F4N5O/c1-3-4-17(27)18-19(28-2)21(31-20(30-18)13-5-7-14(23)8-6-13)29-15-9-11-16(12-10-15)32-22(24,25)26/h5-12,27-28H,3-4H2,1-2H3,(H,29,30,31). The first-order valence-corrected chi connectivity index (χ1v) is 9.76. The van der Waals surface area contributed by atoms with Gasteiger partial charge in [-0.15, -0.1) is 13.2 Å². The number of aromatic nitrogens is 2. The predicted molar refractivity (Wildman–Crippen MR) is 115 cm³/mol. The van der Waals surface area contributed by atoms with Crippen LogP contribution < -0.4 is 15.4 Å². The van der Waals surface area contributed by atoms with Gasteiger partial charge in [0.1, 0.15) is 22.9 Å². The molecular formula is C22H21F4N5O. The second kappa shape index (κ2) is 9.63. The van der Waals surface area contributed by atoms with Crippen molar-refractivity contribution >= 4 is 22.9 Å². The zero-order chi connectivity index (χ0) is 23.3. The van der Waals surface area contributed by atoms with Gasteiger partial charge in [0, 0.05) is 18.3 Å². The molecule has 3 aromatic rings. The van der Waals surface area contributed by atoms with Gasteiger partial charge in [-0.3, -0.25) is 0 Å². The Morgan fingerprint density at radius 1 is 1.03 bits per heavy atom. The van der Waals surface area contributed by atoms with Crippen LogP contribution in [0.5, 0.6) is 5.75 Å². The van der Waals surface area contributed by atoms with Crippen LogP contribution in [-0.4, -0.2) is 29.1 Å². The monoisotopic (exact) mass is 447 g/mol. The summed E-state index contributed by atoms with van der Waals surface area (Å²) in [5.41, 5.74) is 2.14. The SMILES string of the molecule is CCCC(=N)c1nc(-c2ccc(F)cc2)nc(Nc2ccc(OC(F)(F)F)cc2)c1NC. The molecule has 3 N–H and O–H groups in total. The van der Waals surface area contributed by atoms with E-state index in [0.717, 1.165) is 6.42 Å². The molecule has 0 atom stereocenters. The number of ether oxygens (including phenoxy) is 1. The predicted octanol–water partition coefficient (Wildman–Crippen LogP) is 6.13. The molecule has 0 aliphatic rings. The molecule has 0 radical (unpaired) electrons. The van der Waals surface area contributed by atoms with Crippen molar-refractivity contribution in [3.8, 4) is 17.1 Å². The number of hydrogen-bond donors (Lipinski definition) is 3. The summed E-state index contributed by atoms with van der Waals surface area (Å²) >= 11 is 0. The smallest absolute Gasteiger partial charge is 0.406 e. The molecule has 0 aliphatic carbocycles. The Morgan fingerprint density at radius 2 is 1.69 bits per heavy atom. The van der Waals surface area contributed by atoms with Gasteiger partial charge in [0.2, 0.25) is 0 Å². The van der Waals surface area contributed by atoms with E-state index in [9.17, 15) is 17.6 Å². The summed E-state index contributed by atoms with van der Waals surface area (Å²) in [6.07, 6.45) is -3.56. The highest BCUT2D eigenvalue weighted by molar-refractivity contribution is 6.03. The van der Waals surface area contributed by atoms with Crippen molar-refractivity contribution in [1.29, 1.82) is 5.41 Å². The molecule has 0 spiro atoms. The second-order valence-electron chi connectivity index (χ2n) is 6.80. The Hall–Kier alpha value is -3.69. The number of anilines is 3. The number of hydrogen-bond acceptors (Lipinski definition) is 6. The molecule has 0 aliphatic heterocycles. The van der Waals surface area contributed by atoms with E-state index in [0.29, 0.717) is 40.6 Å². The minimum Gasteiger partial charge on any atom is -0.406 e. The van der Waals surface area contributed by atoms with Crippen molar-refractivity contribution in [2.75, 3.05) is 17.7 Å². The largest absolute Gasteiger partial charge is 0.573 e. The van der Waals surface area contributed by atoms with Gasteiger partial charge in [0.05, 0.1) is 5.71 Å². The molecule has 6 nitrogen and oxygen atoms in total.